The first-order valence-electron chi connectivity index (χ1n) is 3.85. The lowest BCUT2D eigenvalue weighted by Crippen LogP contribution is -2.15. The van der Waals surface area contributed by atoms with Crippen molar-refractivity contribution in [1.82, 2.24) is 0 Å². The fourth-order valence-electron chi connectivity index (χ4n) is 1.05. The fraction of sp³-hybridized carbons (Fsp3) is 0.300. The van der Waals surface area contributed by atoms with Crippen LogP contribution in [0.1, 0.15) is 19.4 Å². The second-order valence-electron chi connectivity index (χ2n) is 3.34. The summed E-state index contributed by atoms with van der Waals surface area (Å²) < 4.78 is 13.5. The average molecular weight is 242 g/mol. The molecule has 0 N–H and O–H groups in total. The highest BCUT2D eigenvalue weighted by Crippen LogP contribution is 2.30. The number of halogens is 2. The Morgan fingerprint density at radius 2 is 2.08 bits per heavy atom. The molecule has 3 heteroatoms. The number of nitrogens with zero attached hydrogens (tertiary/aromatic N) is 1. The first-order valence-corrected chi connectivity index (χ1v) is 4.64. The fourth-order valence-corrected chi connectivity index (χ4v) is 1.81. The monoisotopic (exact) mass is 241 g/mol. The van der Waals surface area contributed by atoms with Gasteiger partial charge in [-0.05, 0) is 41.4 Å². The van der Waals surface area contributed by atoms with Crippen molar-refractivity contribution in [3.63, 3.8) is 0 Å². The quantitative estimate of drug-likeness (QED) is 0.740. The number of hydrogen-bond donors (Lipinski definition) is 0. The lowest BCUT2D eigenvalue weighted by atomic mass is 9.86. The Hall–Kier alpha value is -0.880. The summed E-state index contributed by atoms with van der Waals surface area (Å²) in [6.07, 6.45) is 0. The van der Waals surface area contributed by atoms with Gasteiger partial charge in [-0.2, -0.15) is 5.26 Å². The lowest BCUT2D eigenvalue weighted by molar-refractivity contribution is 0.603. The molecular formula is C10H9BrFN. The van der Waals surface area contributed by atoms with Gasteiger partial charge in [-0.3, -0.25) is 0 Å². The van der Waals surface area contributed by atoms with E-state index in [2.05, 4.69) is 22.0 Å². The van der Waals surface area contributed by atoms with E-state index in [9.17, 15) is 4.39 Å². The van der Waals surface area contributed by atoms with Crippen LogP contribution >= 0.6 is 15.9 Å². The summed E-state index contributed by atoms with van der Waals surface area (Å²) in [5.74, 6) is -0.333. The van der Waals surface area contributed by atoms with Gasteiger partial charge in [0.25, 0.3) is 0 Å². The molecule has 0 aliphatic heterocycles. The van der Waals surface area contributed by atoms with Crippen LogP contribution in [0.15, 0.2) is 22.7 Å². The molecule has 0 aromatic heterocycles. The molecule has 13 heavy (non-hydrogen) atoms. The van der Waals surface area contributed by atoms with Crippen molar-refractivity contribution in [1.29, 1.82) is 5.26 Å². The maximum atomic E-state index is 13.1. The van der Waals surface area contributed by atoms with Gasteiger partial charge in [-0.1, -0.05) is 12.1 Å². The molecule has 0 aliphatic rings. The molecule has 1 aromatic carbocycles. The van der Waals surface area contributed by atoms with Crippen LogP contribution in [0.3, 0.4) is 0 Å². The number of nitriles is 1. The second-order valence-corrected chi connectivity index (χ2v) is 4.13. The molecule has 0 radical (unpaired) electrons. The molecule has 0 atom stereocenters. The Morgan fingerprint density at radius 1 is 1.46 bits per heavy atom. The molecule has 0 fully saturated rings. The molecule has 68 valence electrons. The van der Waals surface area contributed by atoms with Crippen LogP contribution in [-0.4, -0.2) is 0 Å². The lowest BCUT2D eigenvalue weighted by Gasteiger charge is -2.17. The van der Waals surface area contributed by atoms with Gasteiger partial charge >= 0.3 is 0 Å². The topological polar surface area (TPSA) is 23.8 Å². The Labute approximate surface area is 85.3 Å². The van der Waals surface area contributed by atoms with Crippen LogP contribution in [0.5, 0.6) is 0 Å². The minimum Gasteiger partial charge on any atom is -0.206 e. The van der Waals surface area contributed by atoms with E-state index in [1.54, 1.807) is 26.0 Å². The molecule has 0 heterocycles. The van der Waals surface area contributed by atoms with Crippen LogP contribution in [0.2, 0.25) is 0 Å². The van der Waals surface area contributed by atoms with Gasteiger partial charge in [-0.15, -0.1) is 0 Å². The van der Waals surface area contributed by atoms with E-state index in [-0.39, 0.29) is 5.82 Å². The van der Waals surface area contributed by atoms with Crippen molar-refractivity contribution in [3.05, 3.63) is 34.1 Å². The molecular weight excluding hydrogens is 233 g/mol. The molecule has 0 aliphatic carbocycles. The van der Waals surface area contributed by atoms with E-state index in [0.717, 1.165) is 0 Å². The summed E-state index contributed by atoms with van der Waals surface area (Å²) in [6.45, 7) is 3.51. The molecule has 0 spiro atoms. The molecule has 0 saturated carbocycles. The van der Waals surface area contributed by atoms with Crippen molar-refractivity contribution < 1.29 is 4.39 Å². The zero-order chi connectivity index (χ0) is 10.1. The van der Waals surface area contributed by atoms with Gasteiger partial charge in [0.05, 0.1) is 16.0 Å². The first-order chi connectivity index (χ1) is 5.99. The van der Waals surface area contributed by atoms with Gasteiger partial charge in [-0.25, -0.2) is 4.39 Å². The smallest absolute Gasteiger partial charge is 0.137 e. The molecule has 1 aromatic rings. The van der Waals surface area contributed by atoms with Crippen molar-refractivity contribution in [2.24, 2.45) is 0 Å². The molecule has 1 nitrogen and oxygen atoms in total. The zero-order valence-corrected chi connectivity index (χ0v) is 9.02. The van der Waals surface area contributed by atoms with Crippen LogP contribution in [0.4, 0.5) is 4.39 Å². The van der Waals surface area contributed by atoms with Crippen molar-refractivity contribution in [2.75, 3.05) is 0 Å². The Morgan fingerprint density at radius 3 is 2.62 bits per heavy atom. The van der Waals surface area contributed by atoms with E-state index in [1.807, 2.05) is 0 Å². The zero-order valence-electron chi connectivity index (χ0n) is 7.44. The van der Waals surface area contributed by atoms with E-state index >= 15 is 0 Å². The van der Waals surface area contributed by atoms with E-state index < -0.39 is 5.41 Å². The highest BCUT2D eigenvalue weighted by atomic mass is 79.9. The molecule has 0 saturated heterocycles. The summed E-state index contributed by atoms with van der Waals surface area (Å²) in [7, 11) is 0. The van der Waals surface area contributed by atoms with Crippen molar-refractivity contribution in [2.45, 2.75) is 19.3 Å². The minimum atomic E-state index is -0.666. The molecule has 0 amide bonds. The maximum absolute atomic E-state index is 13.1. The maximum Gasteiger partial charge on any atom is 0.137 e. The largest absolute Gasteiger partial charge is 0.206 e. The predicted molar refractivity (Wildman–Crippen MR) is 52.7 cm³/mol. The Balaban J connectivity index is 3.33. The second kappa shape index (κ2) is 3.47. The molecule has 0 unspecified atom stereocenters. The molecule has 1 rings (SSSR count). The summed E-state index contributed by atoms with van der Waals surface area (Å²) in [4.78, 5) is 0. The Bertz CT molecular complexity index is 366. The van der Waals surface area contributed by atoms with Crippen LogP contribution in [-0.2, 0) is 5.41 Å². The highest BCUT2D eigenvalue weighted by molar-refractivity contribution is 9.10. The third kappa shape index (κ3) is 1.89. The van der Waals surface area contributed by atoms with Crippen molar-refractivity contribution in [3.8, 4) is 6.07 Å². The van der Waals surface area contributed by atoms with Crippen LogP contribution < -0.4 is 0 Å². The van der Waals surface area contributed by atoms with E-state index in [0.29, 0.717) is 10.0 Å². The van der Waals surface area contributed by atoms with Crippen molar-refractivity contribution >= 4 is 15.9 Å². The number of hydrogen-bond acceptors (Lipinski definition) is 1. The number of benzene rings is 1. The highest BCUT2D eigenvalue weighted by Gasteiger charge is 2.23. The standard InChI is InChI=1S/C10H9BrFN/c1-10(2,6-13)7-4-3-5-8(12)9(7)11/h3-5H,1-2H3. The van der Waals surface area contributed by atoms with Gasteiger partial charge in [0.15, 0.2) is 0 Å². The number of rotatable bonds is 1. The summed E-state index contributed by atoms with van der Waals surface area (Å²) in [6, 6.07) is 6.84. The van der Waals surface area contributed by atoms with Gasteiger partial charge < -0.3 is 0 Å². The molecule has 0 bridgehead atoms. The van der Waals surface area contributed by atoms with Gasteiger partial charge in [0, 0.05) is 0 Å². The van der Waals surface area contributed by atoms with Crippen LogP contribution in [0, 0.1) is 17.1 Å². The van der Waals surface area contributed by atoms with Crippen LogP contribution in [0.25, 0.3) is 0 Å². The van der Waals surface area contributed by atoms with E-state index in [1.165, 1.54) is 6.07 Å². The predicted octanol–water partition coefficient (Wildman–Crippen LogP) is 3.39. The SMILES string of the molecule is CC(C)(C#N)c1cccc(F)c1Br. The third-order valence-corrected chi connectivity index (χ3v) is 2.71. The van der Waals surface area contributed by atoms with Gasteiger partial charge in [0.2, 0.25) is 0 Å². The summed E-state index contributed by atoms with van der Waals surface area (Å²) in [5.41, 5.74) is 0.0102. The summed E-state index contributed by atoms with van der Waals surface area (Å²) in [5, 5.41) is 8.87. The Kier molecular flexibility index (Phi) is 2.72. The average Bonchev–Trinajstić information content (AvgIpc) is 2.09. The summed E-state index contributed by atoms with van der Waals surface area (Å²) >= 11 is 3.13. The van der Waals surface area contributed by atoms with E-state index in [4.69, 9.17) is 5.26 Å². The first kappa shape index (κ1) is 10.2. The third-order valence-electron chi connectivity index (χ3n) is 1.90. The normalized spacial score (nSPS) is 11.0. The minimum absolute atomic E-state index is 0.333. The van der Waals surface area contributed by atoms with Gasteiger partial charge in [0.1, 0.15) is 5.82 Å².